The highest BCUT2D eigenvalue weighted by Crippen LogP contribution is 2.40. The number of allylic oxidation sites excluding steroid dienone is 1. The van der Waals surface area contributed by atoms with Gasteiger partial charge in [-0.3, -0.25) is 19.5 Å². The Bertz CT molecular complexity index is 1540. The molecule has 9 heteroatoms. The van der Waals surface area contributed by atoms with Crippen molar-refractivity contribution in [2.24, 2.45) is 0 Å². The zero-order chi connectivity index (χ0) is 25.5. The van der Waals surface area contributed by atoms with E-state index in [-0.39, 0.29) is 11.6 Å². The number of amides is 1. The van der Waals surface area contributed by atoms with E-state index >= 15 is 0 Å². The minimum Gasteiger partial charge on any atom is -0.368 e. The summed E-state index contributed by atoms with van der Waals surface area (Å²) in [5.74, 6) is 0.540. The number of nitrogens with zero attached hydrogens (tertiary/aromatic N) is 5. The average Bonchev–Trinajstić information content (AvgIpc) is 3.30. The van der Waals surface area contributed by atoms with Crippen molar-refractivity contribution in [1.82, 2.24) is 14.5 Å². The highest BCUT2D eigenvalue weighted by atomic mass is 16.6. The molecule has 1 amide bonds. The number of imidazole rings is 1. The number of hydrogen-bond acceptors (Lipinski definition) is 6. The van der Waals surface area contributed by atoms with Crippen LogP contribution >= 0.6 is 0 Å². The molecule has 37 heavy (non-hydrogen) atoms. The van der Waals surface area contributed by atoms with Gasteiger partial charge in [0.25, 0.3) is 11.6 Å². The van der Waals surface area contributed by atoms with Crippen molar-refractivity contribution in [1.29, 1.82) is 0 Å². The third-order valence-corrected chi connectivity index (χ3v) is 7.15. The summed E-state index contributed by atoms with van der Waals surface area (Å²) in [6.07, 6.45) is 0. The minimum atomic E-state index is -0.553. The Balaban J connectivity index is 1.39. The molecule has 9 nitrogen and oxygen atoms in total. The van der Waals surface area contributed by atoms with E-state index in [9.17, 15) is 14.9 Å². The fraction of sp³-hybridized carbons (Fsp3) is 0.214. The summed E-state index contributed by atoms with van der Waals surface area (Å²) in [5, 5.41) is 14.9. The average molecular weight is 495 g/mol. The van der Waals surface area contributed by atoms with Crippen LogP contribution < -0.4 is 10.2 Å². The third-order valence-electron chi connectivity index (χ3n) is 7.15. The molecule has 2 aliphatic rings. The van der Waals surface area contributed by atoms with Gasteiger partial charge >= 0.3 is 0 Å². The second kappa shape index (κ2) is 9.09. The molecule has 1 fully saturated rings. The lowest BCUT2D eigenvalue weighted by Gasteiger charge is -2.39. The van der Waals surface area contributed by atoms with Gasteiger partial charge in [-0.1, -0.05) is 42.5 Å². The molecule has 0 spiro atoms. The normalized spacial score (nSPS) is 17.5. The van der Waals surface area contributed by atoms with E-state index < -0.39 is 11.0 Å². The van der Waals surface area contributed by atoms with Gasteiger partial charge < -0.3 is 15.1 Å². The van der Waals surface area contributed by atoms with Crippen LogP contribution in [0.4, 0.5) is 17.3 Å². The molecule has 0 aliphatic carbocycles. The SMILES string of the molecule is CC1=C(C(=O)N2CCN(c3ccccc3)CC2)[C@H](c2cccc([N+](=O)[O-])c2)n2c(nc3ccccc32)N1. The van der Waals surface area contributed by atoms with Gasteiger partial charge in [0.15, 0.2) is 0 Å². The summed E-state index contributed by atoms with van der Waals surface area (Å²) in [7, 11) is 0. The first-order valence-electron chi connectivity index (χ1n) is 12.3. The van der Waals surface area contributed by atoms with Gasteiger partial charge in [0, 0.05) is 49.7 Å². The van der Waals surface area contributed by atoms with Crippen LogP contribution in [-0.2, 0) is 4.79 Å². The van der Waals surface area contributed by atoms with E-state index in [4.69, 9.17) is 4.98 Å². The van der Waals surface area contributed by atoms with E-state index in [0.29, 0.717) is 35.9 Å². The molecule has 0 bridgehead atoms. The van der Waals surface area contributed by atoms with Gasteiger partial charge in [-0.25, -0.2) is 4.98 Å². The summed E-state index contributed by atoms with van der Waals surface area (Å²) < 4.78 is 1.98. The molecule has 2 aliphatic heterocycles. The molecule has 1 atom stereocenters. The van der Waals surface area contributed by atoms with Crippen molar-refractivity contribution >= 4 is 34.3 Å². The number of hydrogen-bond donors (Lipinski definition) is 1. The van der Waals surface area contributed by atoms with Crippen LogP contribution in [0, 0.1) is 10.1 Å². The maximum atomic E-state index is 14.1. The fourth-order valence-corrected chi connectivity index (χ4v) is 5.34. The van der Waals surface area contributed by atoms with Crippen molar-refractivity contribution < 1.29 is 9.72 Å². The molecule has 6 rings (SSSR count). The van der Waals surface area contributed by atoms with Crippen molar-refractivity contribution in [2.45, 2.75) is 13.0 Å². The van der Waals surface area contributed by atoms with Gasteiger partial charge in [0.1, 0.15) is 0 Å². The van der Waals surface area contributed by atoms with Crippen LogP contribution in [0.15, 0.2) is 90.1 Å². The lowest BCUT2D eigenvalue weighted by Crippen LogP contribution is -2.50. The molecule has 0 unspecified atom stereocenters. The molecule has 1 N–H and O–H groups in total. The molecular formula is C28H26N6O3. The Morgan fingerprint density at radius 3 is 2.46 bits per heavy atom. The molecule has 1 aromatic heterocycles. The predicted molar refractivity (Wildman–Crippen MR) is 143 cm³/mol. The first-order chi connectivity index (χ1) is 18.0. The first kappa shape index (κ1) is 22.8. The minimum absolute atomic E-state index is 0.0112. The lowest BCUT2D eigenvalue weighted by atomic mass is 9.93. The maximum Gasteiger partial charge on any atom is 0.269 e. The summed E-state index contributed by atoms with van der Waals surface area (Å²) >= 11 is 0. The smallest absolute Gasteiger partial charge is 0.269 e. The summed E-state index contributed by atoms with van der Waals surface area (Å²) in [6, 6.07) is 23.9. The van der Waals surface area contributed by atoms with E-state index in [0.717, 1.165) is 29.8 Å². The van der Waals surface area contributed by atoms with Gasteiger partial charge in [-0.2, -0.15) is 0 Å². The third kappa shape index (κ3) is 3.98. The van der Waals surface area contributed by atoms with Crippen LogP contribution in [0.5, 0.6) is 0 Å². The highest BCUT2D eigenvalue weighted by Gasteiger charge is 2.37. The number of nitrogens with one attached hydrogen (secondary N) is 1. The largest absolute Gasteiger partial charge is 0.368 e. The Labute approximate surface area is 213 Å². The number of para-hydroxylation sites is 3. The zero-order valence-electron chi connectivity index (χ0n) is 20.4. The fourth-order valence-electron chi connectivity index (χ4n) is 5.34. The summed E-state index contributed by atoms with van der Waals surface area (Å²) in [6.45, 7) is 4.51. The Morgan fingerprint density at radius 2 is 1.70 bits per heavy atom. The van der Waals surface area contributed by atoms with Gasteiger partial charge in [0.05, 0.1) is 27.6 Å². The number of benzene rings is 3. The van der Waals surface area contributed by atoms with Crippen LogP contribution in [0.1, 0.15) is 18.5 Å². The van der Waals surface area contributed by atoms with Crippen molar-refractivity contribution in [3.63, 3.8) is 0 Å². The van der Waals surface area contributed by atoms with Crippen LogP contribution in [0.2, 0.25) is 0 Å². The van der Waals surface area contributed by atoms with E-state index in [1.54, 1.807) is 12.1 Å². The number of piperazine rings is 1. The number of nitro benzene ring substituents is 1. The number of anilines is 2. The van der Waals surface area contributed by atoms with Gasteiger partial charge in [0.2, 0.25) is 5.95 Å². The van der Waals surface area contributed by atoms with Crippen LogP contribution in [0.3, 0.4) is 0 Å². The Morgan fingerprint density at radius 1 is 0.973 bits per heavy atom. The number of rotatable bonds is 4. The van der Waals surface area contributed by atoms with Crippen molar-refractivity contribution in [2.75, 3.05) is 36.4 Å². The number of non-ortho nitro benzene ring substituents is 1. The first-order valence-corrected chi connectivity index (χ1v) is 12.3. The monoisotopic (exact) mass is 494 g/mol. The molecule has 3 aromatic carbocycles. The van der Waals surface area contributed by atoms with Gasteiger partial charge in [-0.15, -0.1) is 0 Å². The topological polar surface area (TPSA) is 96.5 Å². The predicted octanol–water partition coefficient (Wildman–Crippen LogP) is 4.58. The molecule has 0 saturated carbocycles. The number of nitro groups is 1. The summed E-state index contributed by atoms with van der Waals surface area (Å²) in [4.78, 5) is 34.2. The molecule has 0 radical (unpaired) electrons. The number of carbonyl (C=O) groups excluding carboxylic acids is 1. The van der Waals surface area contributed by atoms with Crippen molar-refractivity contribution in [3.05, 3.63) is 106 Å². The Kier molecular flexibility index (Phi) is 5.60. The Hall–Kier alpha value is -4.66. The maximum absolute atomic E-state index is 14.1. The molecule has 3 heterocycles. The number of fused-ring (bicyclic) bond motifs is 3. The quantitative estimate of drug-likeness (QED) is 0.330. The zero-order valence-corrected chi connectivity index (χ0v) is 20.4. The van der Waals surface area contributed by atoms with Crippen LogP contribution in [0.25, 0.3) is 11.0 Å². The lowest BCUT2D eigenvalue weighted by molar-refractivity contribution is -0.384. The van der Waals surface area contributed by atoms with E-state index in [1.807, 2.05) is 64.9 Å². The van der Waals surface area contributed by atoms with Crippen molar-refractivity contribution in [3.8, 4) is 0 Å². The van der Waals surface area contributed by atoms with E-state index in [1.165, 1.54) is 6.07 Å². The van der Waals surface area contributed by atoms with Crippen LogP contribution in [-0.4, -0.2) is 51.5 Å². The second-order valence-electron chi connectivity index (χ2n) is 9.33. The number of aromatic nitrogens is 2. The molecule has 4 aromatic rings. The van der Waals surface area contributed by atoms with E-state index in [2.05, 4.69) is 22.3 Å². The second-order valence-corrected chi connectivity index (χ2v) is 9.33. The standard InChI is InChI=1S/C28H26N6O3/c1-19-25(27(35)32-16-14-31(15-17-32)21-9-3-2-4-10-21)26(20-8-7-11-22(18-20)34(36)37)33-24-13-6-5-12-23(24)30-28(33)29-19/h2-13,18,26H,14-17H2,1H3,(H,29,30)/t26-/m0/s1. The highest BCUT2D eigenvalue weighted by molar-refractivity contribution is 5.98. The summed E-state index contributed by atoms with van der Waals surface area (Å²) in [5.41, 5.74) is 4.73. The van der Waals surface area contributed by atoms with Gasteiger partial charge in [-0.05, 0) is 36.8 Å². The molecule has 186 valence electrons. The number of carbonyl (C=O) groups is 1. The molecule has 1 saturated heterocycles. The molecular weight excluding hydrogens is 468 g/mol.